The van der Waals surface area contributed by atoms with E-state index in [1.165, 1.54) is 5.69 Å². The van der Waals surface area contributed by atoms with E-state index in [4.69, 9.17) is 4.74 Å². The van der Waals surface area contributed by atoms with Crippen LogP contribution in [0, 0.1) is 0 Å². The van der Waals surface area contributed by atoms with Crippen molar-refractivity contribution in [1.82, 2.24) is 10.2 Å². The van der Waals surface area contributed by atoms with Gasteiger partial charge < -0.3 is 19.9 Å². The molecule has 1 N–H and O–H groups in total. The summed E-state index contributed by atoms with van der Waals surface area (Å²) < 4.78 is 5.35. The first-order chi connectivity index (χ1) is 10.3. The van der Waals surface area contributed by atoms with Gasteiger partial charge in [-0.1, -0.05) is 18.2 Å². The molecule has 2 rings (SSSR count). The molecule has 0 spiro atoms. The number of anilines is 1. The zero-order valence-corrected chi connectivity index (χ0v) is 13.1. The lowest BCUT2D eigenvalue weighted by Gasteiger charge is -2.37. The number of guanidine groups is 1. The molecular formula is C16H26N4O. The van der Waals surface area contributed by atoms with E-state index in [-0.39, 0.29) is 0 Å². The van der Waals surface area contributed by atoms with Gasteiger partial charge in [0.15, 0.2) is 5.96 Å². The van der Waals surface area contributed by atoms with Crippen molar-refractivity contribution >= 4 is 11.6 Å². The molecule has 0 radical (unpaired) electrons. The van der Waals surface area contributed by atoms with Crippen molar-refractivity contribution in [2.45, 2.75) is 6.92 Å². The maximum atomic E-state index is 5.35. The molecule has 1 aromatic carbocycles. The first-order valence-electron chi connectivity index (χ1n) is 7.68. The molecule has 0 bridgehead atoms. The molecule has 1 aromatic rings. The number of piperazine rings is 1. The van der Waals surface area contributed by atoms with Gasteiger partial charge in [0.25, 0.3) is 0 Å². The Hall–Kier alpha value is -1.75. The van der Waals surface area contributed by atoms with Gasteiger partial charge >= 0.3 is 0 Å². The van der Waals surface area contributed by atoms with Crippen LogP contribution in [-0.2, 0) is 4.74 Å². The molecule has 21 heavy (non-hydrogen) atoms. The lowest BCUT2D eigenvalue weighted by atomic mass is 10.2. The number of ether oxygens (including phenoxy) is 1. The first kappa shape index (κ1) is 15.6. The fraction of sp³-hybridized carbons (Fsp3) is 0.562. The van der Waals surface area contributed by atoms with E-state index in [0.717, 1.165) is 51.9 Å². The van der Waals surface area contributed by atoms with Crippen LogP contribution in [-0.4, -0.2) is 63.8 Å². The minimum absolute atomic E-state index is 0.722. The van der Waals surface area contributed by atoms with Crippen LogP contribution in [0.2, 0.25) is 0 Å². The molecule has 0 unspecified atom stereocenters. The molecule has 0 saturated carbocycles. The van der Waals surface area contributed by atoms with E-state index >= 15 is 0 Å². The maximum absolute atomic E-state index is 5.35. The number of aliphatic imine (C=N–C) groups is 1. The second kappa shape index (κ2) is 8.52. The molecule has 0 amide bonds. The molecule has 5 nitrogen and oxygen atoms in total. The highest BCUT2D eigenvalue weighted by Gasteiger charge is 2.19. The molecule has 1 aliphatic rings. The van der Waals surface area contributed by atoms with Gasteiger partial charge in [0.05, 0.1) is 6.61 Å². The summed E-state index contributed by atoms with van der Waals surface area (Å²) in [6, 6.07) is 10.6. The van der Waals surface area contributed by atoms with Crippen LogP contribution < -0.4 is 10.2 Å². The minimum atomic E-state index is 0.722. The molecular weight excluding hydrogens is 264 g/mol. The third-order valence-electron chi connectivity index (χ3n) is 3.65. The predicted octanol–water partition coefficient (Wildman–Crippen LogP) is 1.42. The molecule has 5 heteroatoms. The fourth-order valence-corrected chi connectivity index (χ4v) is 2.53. The number of rotatable bonds is 5. The topological polar surface area (TPSA) is 40.1 Å². The maximum Gasteiger partial charge on any atom is 0.193 e. The molecule has 0 aliphatic carbocycles. The van der Waals surface area contributed by atoms with Gasteiger partial charge in [0, 0.05) is 52.1 Å². The van der Waals surface area contributed by atoms with Gasteiger partial charge in [-0.25, -0.2) is 0 Å². The third kappa shape index (κ3) is 4.63. The molecule has 1 aliphatic heterocycles. The lowest BCUT2D eigenvalue weighted by molar-refractivity contribution is 0.151. The van der Waals surface area contributed by atoms with Gasteiger partial charge in [-0.05, 0) is 19.1 Å². The number of hydrogen-bond acceptors (Lipinski definition) is 3. The van der Waals surface area contributed by atoms with Gasteiger partial charge in [-0.2, -0.15) is 0 Å². The van der Waals surface area contributed by atoms with Crippen LogP contribution in [0.25, 0.3) is 0 Å². The Kier molecular flexibility index (Phi) is 6.34. The third-order valence-corrected chi connectivity index (χ3v) is 3.65. The zero-order chi connectivity index (χ0) is 14.9. The second-order valence-electron chi connectivity index (χ2n) is 4.98. The van der Waals surface area contributed by atoms with Crippen molar-refractivity contribution < 1.29 is 4.74 Å². The Morgan fingerprint density at radius 1 is 1.19 bits per heavy atom. The molecule has 1 saturated heterocycles. The van der Waals surface area contributed by atoms with E-state index in [2.05, 4.69) is 50.4 Å². The standard InChI is InChI=1S/C16H26N4O/c1-3-21-14-9-18-16(17-2)20-12-10-19(11-13-20)15-7-5-4-6-8-15/h4-8H,3,9-14H2,1-2H3,(H,17,18). The van der Waals surface area contributed by atoms with E-state index in [1.807, 2.05) is 14.0 Å². The van der Waals surface area contributed by atoms with E-state index < -0.39 is 0 Å². The Morgan fingerprint density at radius 3 is 2.52 bits per heavy atom. The van der Waals surface area contributed by atoms with Crippen LogP contribution in [0.5, 0.6) is 0 Å². The normalized spacial score (nSPS) is 16.2. The number of nitrogens with zero attached hydrogens (tertiary/aromatic N) is 3. The summed E-state index contributed by atoms with van der Waals surface area (Å²) in [6.07, 6.45) is 0. The highest BCUT2D eigenvalue weighted by Crippen LogP contribution is 2.15. The zero-order valence-electron chi connectivity index (χ0n) is 13.1. The summed E-state index contributed by atoms with van der Waals surface area (Å²) in [5.41, 5.74) is 1.30. The number of nitrogens with one attached hydrogen (secondary N) is 1. The quantitative estimate of drug-likeness (QED) is 0.506. The van der Waals surface area contributed by atoms with Gasteiger partial charge in [-0.3, -0.25) is 4.99 Å². The summed E-state index contributed by atoms with van der Waals surface area (Å²) >= 11 is 0. The molecule has 0 aromatic heterocycles. The van der Waals surface area contributed by atoms with Crippen molar-refractivity contribution in [3.05, 3.63) is 30.3 Å². The minimum Gasteiger partial charge on any atom is -0.380 e. The lowest BCUT2D eigenvalue weighted by Crippen LogP contribution is -2.53. The average Bonchev–Trinajstić information content (AvgIpc) is 2.56. The molecule has 1 fully saturated rings. The average molecular weight is 290 g/mol. The van der Waals surface area contributed by atoms with Crippen LogP contribution >= 0.6 is 0 Å². The SMILES string of the molecule is CCOCCNC(=NC)N1CCN(c2ccccc2)CC1. The summed E-state index contributed by atoms with van der Waals surface area (Å²) in [5, 5.41) is 3.36. The van der Waals surface area contributed by atoms with Gasteiger partial charge in [0.2, 0.25) is 0 Å². The fourth-order valence-electron chi connectivity index (χ4n) is 2.53. The molecule has 1 heterocycles. The monoisotopic (exact) mass is 290 g/mol. The van der Waals surface area contributed by atoms with Gasteiger partial charge in [-0.15, -0.1) is 0 Å². The largest absolute Gasteiger partial charge is 0.380 e. The Morgan fingerprint density at radius 2 is 1.90 bits per heavy atom. The number of hydrogen-bond donors (Lipinski definition) is 1. The van der Waals surface area contributed by atoms with Gasteiger partial charge in [0.1, 0.15) is 0 Å². The highest BCUT2D eigenvalue weighted by molar-refractivity contribution is 5.80. The summed E-state index contributed by atoms with van der Waals surface area (Å²) in [5.74, 6) is 0.974. The molecule has 0 atom stereocenters. The van der Waals surface area contributed by atoms with Crippen LogP contribution in [0.4, 0.5) is 5.69 Å². The smallest absolute Gasteiger partial charge is 0.193 e. The van der Waals surface area contributed by atoms with Crippen molar-refractivity contribution in [3.63, 3.8) is 0 Å². The second-order valence-corrected chi connectivity index (χ2v) is 4.98. The van der Waals surface area contributed by atoms with Crippen molar-refractivity contribution in [2.24, 2.45) is 4.99 Å². The Labute approximate surface area is 127 Å². The molecule has 116 valence electrons. The number of para-hydroxylation sites is 1. The number of benzene rings is 1. The van der Waals surface area contributed by atoms with E-state index in [1.54, 1.807) is 0 Å². The van der Waals surface area contributed by atoms with Crippen molar-refractivity contribution in [1.29, 1.82) is 0 Å². The van der Waals surface area contributed by atoms with Crippen molar-refractivity contribution in [3.8, 4) is 0 Å². The van der Waals surface area contributed by atoms with Crippen LogP contribution in [0.15, 0.2) is 35.3 Å². The summed E-state index contributed by atoms with van der Waals surface area (Å²) in [6.45, 7) is 8.32. The Balaban J connectivity index is 1.79. The van der Waals surface area contributed by atoms with Crippen molar-refractivity contribution in [2.75, 3.05) is 57.9 Å². The van der Waals surface area contributed by atoms with E-state index in [9.17, 15) is 0 Å². The van der Waals surface area contributed by atoms with Crippen LogP contribution in [0.1, 0.15) is 6.92 Å². The summed E-state index contributed by atoms with van der Waals surface area (Å²) in [4.78, 5) is 9.10. The van der Waals surface area contributed by atoms with E-state index in [0.29, 0.717) is 0 Å². The summed E-state index contributed by atoms with van der Waals surface area (Å²) in [7, 11) is 1.84. The predicted molar refractivity (Wildman–Crippen MR) is 88.1 cm³/mol. The first-order valence-corrected chi connectivity index (χ1v) is 7.68. The highest BCUT2D eigenvalue weighted by atomic mass is 16.5. The van der Waals surface area contributed by atoms with Crippen LogP contribution in [0.3, 0.4) is 0 Å². The Bertz CT molecular complexity index is 427.